The van der Waals surface area contributed by atoms with Crippen molar-refractivity contribution in [3.63, 3.8) is 0 Å². The maximum atomic E-state index is 13.5. The molecule has 6 nitrogen and oxygen atoms in total. The van der Waals surface area contributed by atoms with Crippen molar-refractivity contribution in [2.75, 3.05) is 24.4 Å². The first-order chi connectivity index (χ1) is 16.0. The number of benzene rings is 3. The van der Waals surface area contributed by atoms with E-state index in [4.69, 9.17) is 21.1 Å². The number of nitrogens with one attached hydrogen (secondary N) is 1. The van der Waals surface area contributed by atoms with Gasteiger partial charge in [0.05, 0.1) is 36.9 Å². The zero-order valence-electron chi connectivity index (χ0n) is 18.5. The molecule has 4 rings (SSSR count). The summed E-state index contributed by atoms with van der Waals surface area (Å²) >= 11 is 6.27. The highest BCUT2D eigenvalue weighted by Crippen LogP contribution is 2.43. The molecule has 7 heteroatoms. The normalized spacial score (nSPS) is 18.0. The highest BCUT2D eigenvalue weighted by molar-refractivity contribution is 6.33. The van der Waals surface area contributed by atoms with E-state index < -0.39 is 12.0 Å². The summed E-state index contributed by atoms with van der Waals surface area (Å²) in [5.41, 5.74) is 1.99. The van der Waals surface area contributed by atoms with E-state index in [9.17, 15) is 9.59 Å². The number of rotatable bonds is 6. The van der Waals surface area contributed by atoms with E-state index >= 15 is 0 Å². The van der Waals surface area contributed by atoms with Crippen LogP contribution >= 0.6 is 11.6 Å². The largest absolute Gasteiger partial charge is 0.497 e. The van der Waals surface area contributed by atoms with Gasteiger partial charge in [-0.1, -0.05) is 41.9 Å². The number of nitrogens with zero attached hydrogens (tertiary/aromatic N) is 1. The van der Waals surface area contributed by atoms with Gasteiger partial charge in [0.1, 0.15) is 11.5 Å². The highest BCUT2D eigenvalue weighted by atomic mass is 35.5. The van der Waals surface area contributed by atoms with Gasteiger partial charge in [0.25, 0.3) is 0 Å². The molecule has 33 heavy (non-hydrogen) atoms. The Morgan fingerprint density at radius 3 is 2.36 bits per heavy atom. The Bertz CT molecular complexity index is 1150. The summed E-state index contributed by atoms with van der Waals surface area (Å²) < 4.78 is 10.9. The molecule has 1 aliphatic rings. The molecule has 1 N–H and O–H groups in total. The molecule has 170 valence electrons. The first-order valence-electron chi connectivity index (χ1n) is 10.7. The lowest BCUT2D eigenvalue weighted by Gasteiger charge is -2.41. The van der Waals surface area contributed by atoms with Crippen LogP contribution in [-0.2, 0) is 9.59 Å². The minimum atomic E-state index is -0.557. The Labute approximate surface area is 198 Å². The van der Waals surface area contributed by atoms with Crippen molar-refractivity contribution in [3.8, 4) is 11.5 Å². The van der Waals surface area contributed by atoms with Crippen LogP contribution in [-0.4, -0.2) is 26.0 Å². The van der Waals surface area contributed by atoms with Crippen LogP contribution in [0.4, 0.5) is 11.4 Å². The Balaban J connectivity index is 1.78. The number of carbonyl (C=O) groups is 2. The number of hydrogen-bond donors (Lipinski definition) is 1. The molecule has 0 aromatic heterocycles. The summed E-state index contributed by atoms with van der Waals surface area (Å²) in [4.78, 5) is 28.4. The van der Waals surface area contributed by atoms with Gasteiger partial charge in [0.15, 0.2) is 0 Å². The van der Waals surface area contributed by atoms with Gasteiger partial charge in [0, 0.05) is 17.7 Å². The molecule has 0 saturated carbocycles. The van der Waals surface area contributed by atoms with Crippen LogP contribution in [0.1, 0.15) is 24.4 Å². The molecule has 3 aromatic rings. The maximum Gasteiger partial charge on any atom is 0.229 e. The molecule has 0 radical (unpaired) electrons. The van der Waals surface area contributed by atoms with Gasteiger partial charge >= 0.3 is 0 Å². The number of anilines is 2. The Morgan fingerprint density at radius 2 is 1.67 bits per heavy atom. The fourth-order valence-corrected chi connectivity index (χ4v) is 4.45. The zero-order chi connectivity index (χ0) is 23.4. The van der Waals surface area contributed by atoms with E-state index in [1.807, 2.05) is 42.5 Å². The van der Waals surface area contributed by atoms with Gasteiger partial charge in [-0.25, -0.2) is 0 Å². The van der Waals surface area contributed by atoms with Crippen LogP contribution in [0.15, 0.2) is 72.8 Å². The molecule has 2 atom stereocenters. The number of methoxy groups -OCH3 is 2. The van der Waals surface area contributed by atoms with Crippen molar-refractivity contribution < 1.29 is 19.1 Å². The van der Waals surface area contributed by atoms with Crippen molar-refractivity contribution in [2.45, 2.75) is 18.9 Å². The van der Waals surface area contributed by atoms with Gasteiger partial charge < -0.3 is 19.7 Å². The number of carbonyl (C=O) groups excluding carboxylic acids is 2. The van der Waals surface area contributed by atoms with Crippen LogP contribution in [0, 0.1) is 5.92 Å². The van der Waals surface area contributed by atoms with Crippen LogP contribution in [0.5, 0.6) is 11.5 Å². The SMILES string of the molecule is COc1ccc(N2C(=O)CCC(C(=O)Nc3ccccc3Cl)C2c2ccccc2OC)cc1. The van der Waals surface area contributed by atoms with Gasteiger partial charge in [-0.2, -0.15) is 0 Å². The maximum absolute atomic E-state index is 13.5. The second kappa shape index (κ2) is 9.96. The fraction of sp³-hybridized carbons (Fsp3) is 0.231. The lowest BCUT2D eigenvalue weighted by Crippen LogP contribution is -2.47. The van der Waals surface area contributed by atoms with Crippen LogP contribution in [0.25, 0.3) is 0 Å². The second-order valence-electron chi connectivity index (χ2n) is 7.76. The minimum absolute atomic E-state index is 0.0575. The highest BCUT2D eigenvalue weighted by Gasteiger charge is 2.42. The van der Waals surface area contributed by atoms with Crippen molar-refractivity contribution in [1.82, 2.24) is 0 Å². The molecular weight excluding hydrogens is 440 g/mol. The second-order valence-corrected chi connectivity index (χ2v) is 8.17. The number of ether oxygens (including phenoxy) is 2. The summed E-state index contributed by atoms with van der Waals surface area (Å²) in [5, 5.41) is 3.41. The molecule has 0 spiro atoms. The van der Waals surface area contributed by atoms with E-state index in [-0.39, 0.29) is 18.2 Å². The summed E-state index contributed by atoms with van der Waals surface area (Å²) in [6.07, 6.45) is 0.656. The molecule has 1 saturated heterocycles. The van der Waals surface area contributed by atoms with E-state index in [1.54, 1.807) is 49.5 Å². The summed E-state index contributed by atoms with van der Waals surface area (Å²) in [6, 6.07) is 21.3. The third-order valence-corrected chi connectivity index (χ3v) is 6.20. The average Bonchev–Trinajstić information content (AvgIpc) is 2.85. The quantitative estimate of drug-likeness (QED) is 0.524. The lowest BCUT2D eigenvalue weighted by atomic mass is 9.82. The smallest absolute Gasteiger partial charge is 0.229 e. The van der Waals surface area contributed by atoms with Crippen molar-refractivity contribution >= 4 is 34.8 Å². The first kappa shape index (κ1) is 22.7. The molecule has 1 aliphatic heterocycles. The summed E-state index contributed by atoms with van der Waals surface area (Å²) in [5.74, 6) is 0.525. The summed E-state index contributed by atoms with van der Waals surface area (Å²) in [7, 11) is 3.17. The monoisotopic (exact) mass is 464 g/mol. The topological polar surface area (TPSA) is 67.9 Å². The van der Waals surface area contributed by atoms with E-state index in [0.717, 1.165) is 5.56 Å². The van der Waals surface area contributed by atoms with Gasteiger partial charge in [0.2, 0.25) is 11.8 Å². The van der Waals surface area contributed by atoms with Crippen molar-refractivity contribution in [2.24, 2.45) is 5.92 Å². The number of halogens is 1. The Hall–Kier alpha value is -3.51. The van der Waals surface area contributed by atoms with E-state index in [0.29, 0.717) is 34.3 Å². The Morgan fingerprint density at radius 1 is 0.970 bits per heavy atom. The molecule has 2 amide bonds. The van der Waals surface area contributed by atoms with Gasteiger partial charge in [-0.3, -0.25) is 9.59 Å². The molecule has 0 aliphatic carbocycles. The van der Waals surface area contributed by atoms with Gasteiger partial charge in [-0.05, 0) is 48.9 Å². The summed E-state index contributed by atoms with van der Waals surface area (Å²) in [6.45, 7) is 0. The number of amides is 2. The number of piperidine rings is 1. The van der Waals surface area contributed by atoms with Crippen LogP contribution in [0.3, 0.4) is 0 Å². The van der Waals surface area contributed by atoms with Gasteiger partial charge in [-0.15, -0.1) is 0 Å². The Kier molecular flexibility index (Phi) is 6.84. The zero-order valence-corrected chi connectivity index (χ0v) is 19.2. The first-order valence-corrected chi connectivity index (χ1v) is 11.1. The predicted octanol–water partition coefficient (Wildman–Crippen LogP) is 5.48. The number of para-hydroxylation sites is 2. The average molecular weight is 465 g/mol. The molecular formula is C26H25ClN2O4. The predicted molar refractivity (Wildman–Crippen MR) is 129 cm³/mol. The molecule has 1 fully saturated rings. The van der Waals surface area contributed by atoms with Crippen LogP contribution in [0.2, 0.25) is 5.02 Å². The fourth-order valence-electron chi connectivity index (χ4n) is 4.27. The van der Waals surface area contributed by atoms with E-state index in [2.05, 4.69) is 5.32 Å². The third kappa shape index (κ3) is 4.66. The molecule has 3 aromatic carbocycles. The van der Waals surface area contributed by atoms with E-state index in [1.165, 1.54) is 0 Å². The molecule has 2 unspecified atom stereocenters. The number of hydrogen-bond acceptors (Lipinski definition) is 4. The molecule has 1 heterocycles. The standard InChI is InChI=1S/C26H25ClN2O4/c1-32-18-13-11-17(12-14-18)29-24(30)16-15-20(25(29)19-7-3-6-10-23(19)33-2)26(31)28-22-9-5-4-8-21(22)27/h3-14,20,25H,15-16H2,1-2H3,(H,28,31). The molecule has 0 bridgehead atoms. The lowest BCUT2D eigenvalue weighted by molar-refractivity contribution is -0.125. The van der Waals surface area contributed by atoms with Crippen molar-refractivity contribution in [1.29, 1.82) is 0 Å². The van der Waals surface area contributed by atoms with Crippen LogP contribution < -0.4 is 19.7 Å². The van der Waals surface area contributed by atoms with Crippen molar-refractivity contribution in [3.05, 3.63) is 83.4 Å². The third-order valence-electron chi connectivity index (χ3n) is 5.87. The minimum Gasteiger partial charge on any atom is -0.497 e.